The minimum absolute atomic E-state index is 0.262. The second-order valence-electron chi connectivity index (χ2n) is 4.83. The summed E-state index contributed by atoms with van der Waals surface area (Å²) >= 11 is 1.85. The summed E-state index contributed by atoms with van der Waals surface area (Å²) in [4.78, 5) is 15.2. The van der Waals surface area contributed by atoms with Gasteiger partial charge in [0.15, 0.2) is 0 Å². The number of amides is 1. The Morgan fingerprint density at radius 3 is 2.95 bits per heavy atom. The summed E-state index contributed by atoms with van der Waals surface area (Å²) < 4.78 is 0. The Morgan fingerprint density at radius 1 is 1.37 bits per heavy atom. The van der Waals surface area contributed by atoms with E-state index in [9.17, 15) is 4.79 Å². The molecule has 0 saturated heterocycles. The molecule has 1 heterocycles. The maximum Gasteiger partial charge on any atom is 0.227 e. The van der Waals surface area contributed by atoms with E-state index in [0.717, 1.165) is 43.8 Å². The van der Waals surface area contributed by atoms with Crippen molar-refractivity contribution >= 4 is 23.4 Å². The van der Waals surface area contributed by atoms with E-state index in [0.29, 0.717) is 6.42 Å². The van der Waals surface area contributed by atoms with Gasteiger partial charge in [0, 0.05) is 23.5 Å². The van der Waals surface area contributed by atoms with Crippen LogP contribution in [0, 0.1) is 0 Å². The predicted molar refractivity (Wildman–Crippen MR) is 81.8 cm³/mol. The highest BCUT2D eigenvalue weighted by atomic mass is 32.2. The van der Waals surface area contributed by atoms with Crippen molar-refractivity contribution in [3.05, 3.63) is 23.8 Å². The van der Waals surface area contributed by atoms with Crippen LogP contribution in [0.1, 0.15) is 31.7 Å². The number of benzene rings is 1. The van der Waals surface area contributed by atoms with E-state index >= 15 is 0 Å². The monoisotopic (exact) mass is 278 g/mol. The fraction of sp³-hybridized carbons (Fsp3) is 0.533. The van der Waals surface area contributed by atoms with Crippen molar-refractivity contribution in [3.8, 4) is 0 Å². The first-order chi connectivity index (χ1) is 9.26. The zero-order valence-corrected chi connectivity index (χ0v) is 12.3. The van der Waals surface area contributed by atoms with Gasteiger partial charge < -0.3 is 10.6 Å². The van der Waals surface area contributed by atoms with Crippen molar-refractivity contribution in [1.82, 2.24) is 0 Å². The number of carbonyl (C=O) groups excluding carboxylic acids is 1. The van der Waals surface area contributed by atoms with Crippen LogP contribution in [-0.4, -0.2) is 24.7 Å². The van der Waals surface area contributed by atoms with Crippen LogP contribution in [0.4, 0.5) is 5.69 Å². The average Bonchev–Trinajstić information content (AvgIpc) is 2.42. The second kappa shape index (κ2) is 6.96. The van der Waals surface area contributed by atoms with Crippen molar-refractivity contribution in [2.75, 3.05) is 23.7 Å². The van der Waals surface area contributed by atoms with Crippen LogP contribution in [0.2, 0.25) is 0 Å². The predicted octanol–water partition coefficient (Wildman–Crippen LogP) is 2.82. The van der Waals surface area contributed by atoms with Crippen LogP contribution in [-0.2, 0) is 11.2 Å². The molecule has 4 heteroatoms. The Hall–Kier alpha value is -1.00. The van der Waals surface area contributed by atoms with Gasteiger partial charge in [0.05, 0.1) is 0 Å². The molecule has 0 radical (unpaired) electrons. The standard InChI is InChI=1S/C15H22N2OS/c1-2-9-17-14-6-5-13(19-10-3-8-16)11-12(14)4-7-15(17)18/h5-6,11H,2-4,7-10,16H2,1H3. The topological polar surface area (TPSA) is 46.3 Å². The lowest BCUT2D eigenvalue weighted by Gasteiger charge is -2.29. The lowest BCUT2D eigenvalue weighted by Crippen LogP contribution is -2.35. The molecule has 104 valence electrons. The number of anilines is 1. The van der Waals surface area contributed by atoms with Crippen molar-refractivity contribution in [3.63, 3.8) is 0 Å². The number of fused-ring (bicyclic) bond motifs is 1. The molecule has 0 aromatic heterocycles. The molecule has 2 N–H and O–H groups in total. The number of aryl methyl sites for hydroxylation is 1. The van der Waals surface area contributed by atoms with E-state index in [2.05, 4.69) is 25.1 Å². The van der Waals surface area contributed by atoms with Crippen LogP contribution in [0.3, 0.4) is 0 Å². The SMILES string of the molecule is CCCN1C(=O)CCc2cc(SCCCN)ccc21. The Morgan fingerprint density at radius 2 is 2.21 bits per heavy atom. The van der Waals surface area contributed by atoms with Crippen LogP contribution in [0.15, 0.2) is 23.1 Å². The maximum absolute atomic E-state index is 11.9. The molecule has 0 bridgehead atoms. The third kappa shape index (κ3) is 3.51. The highest BCUT2D eigenvalue weighted by molar-refractivity contribution is 7.99. The molecule has 0 atom stereocenters. The number of rotatable bonds is 6. The van der Waals surface area contributed by atoms with Gasteiger partial charge >= 0.3 is 0 Å². The number of hydrogen-bond acceptors (Lipinski definition) is 3. The minimum Gasteiger partial charge on any atom is -0.330 e. The van der Waals surface area contributed by atoms with Crippen molar-refractivity contribution in [2.24, 2.45) is 5.73 Å². The minimum atomic E-state index is 0.262. The number of carbonyl (C=O) groups is 1. The lowest BCUT2D eigenvalue weighted by atomic mass is 10.0. The molecular weight excluding hydrogens is 256 g/mol. The van der Waals surface area contributed by atoms with Gasteiger partial charge in [-0.1, -0.05) is 6.92 Å². The summed E-state index contributed by atoms with van der Waals surface area (Å²) in [5.41, 5.74) is 7.94. The molecule has 19 heavy (non-hydrogen) atoms. The zero-order chi connectivity index (χ0) is 13.7. The molecule has 1 aromatic carbocycles. The van der Waals surface area contributed by atoms with Crippen molar-refractivity contribution in [2.45, 2.75) is 37.5 Å². The number of nitrogens with two attached hydrogens (primary N) is 1. The van der Waals surface area contributed by atoms with Gasteiger partial charge in [0.1, 0.15) is 0 Å². The molecule has 0 unspecified atom stereocenters. The second-order valence-corrected chi connectivity index (χ2v) is 5.99. The summed E-state index contributed by atoms with van der Waals surface area (Å²) in [5.74, 6) is 1.32. The first-order valence-corrected chi connectivity index (χ1v) is 8.01. The quantitative estimate of drug-likeness (QED) is 0.643. The summed E-state index contributed by atoms with van der Waals surface area (Å²) in [5, 5.41) is 0. The third-order valence-corrected chi connectivity index (χ3v) is 4.40. The van der Waals surface area contributed by atoms with E-state index in [1.807, 2.05) is 16.7 Å². The van der Waals surface area contributed by atoms with Gasteiger partial charge in [-0.2, -0.15) is 0 Å². The first kappa shape index (κ1) is 14.4. The van der Waals surface area contributed by atoms with Crippen molar-refractivity contribution in [1.29, 1.82) is 0 Å². The average molecular weight is 278 g/mol. The van der Waals surface area contributed by atoms with Gasteiger partial charge in [-0.25, -0.2) is 0 Å². The lowest BCUT2D eigenvalue weighted by molar-refractivity contribution is -0.118. The van der Waals surface area contributed by atoms with Gasteiger partial charge in [0.2, 0.25) is 5.91 Å². The van der Waals surface area contributed by atoms with Crippen molar-refractivity contribution < 1.29 is 4.79 Å². The molecule has 0 spiro atoms. The highest BCUT2D eigenvalue weighted by Crippen LogP contribution is 2.32. The Bertz CT molecular complexity index is 448. The summed E-state index contributed by atoms with van der Waals surface area (Å²) in [6, 6.07) is 6.47. The van der Waals surface area contributed by atoms with Gasteiger partial charge in [-0.05, 0) is 55.3 Å². The molecule has 1 amide bonds. The van der Waals surface area contributed by atoms with Gasteiger partial charge in [-0.15, -0.1) is 11.8 Å². The summed E-state index contributed by atoms with van der Waals surface area (Å²) in [6.45, 7) is 3.68. The van der Waals surface area contributed by atoms with E-state index in [-0.39, 0.29) is 5.91 Å². The number of thioether (sulfide) groups is 1. The van der Waals surface area contributed by atoms with Gasteiger partial charge in [-0.3, -0.25) is 4.79 Å². The maximum atomic E-state index is 11.9. The molecule has 0 aliphatic carbocycles. The zero-order valence-electron chi connectivity index (χ0n) is 11.5. The van der Waals surface area contributed by atoms with E-state index in [1.54, 1.807) is 0 Å². The van der Waals surface area contributed by atoms with Crippen LogP contribution < -0.4 is 10.6 Å². The molecule has 2 rings (SSSR count). The molecule has 0 saturated carbocycles. The molecule has 3 nitrogen and oxygen atoms in total. The number of hydrogen-bond donors (Lipinski definition) is 1. The highest BCUT2D eigenvalue weighted by Gasteiger charge is 2.23. The van der Waals surface area contributed by atoms with Crippen LogP contribution in [0.5, 0.6) is 0 Å². The van der Waals surface area contributed by atoms with E-state index in [1.165, 1.54) is 10.5 Å². The fourth-order valence-corrected chi connectivity index (χ4v) is 3.30. The third-order valence-electron chi connectivity index (χ3n) is 3.32. The number of nitrogens with zero attached hydrogens (tertiary/aromatic N) is 1. The molecular formula is C15H22N2OS. The molecule has 1 aromatic rings. The Labute approximate surface area is 119 Å². The first-order valence-electron chi connectivity index (χ1n) is 7.02. The van der Waals surface area contributed by atoms with Crippen LogP contribution in [0.25, 0.3) is 0 Å². The Kier molecular flexibility index (Phi) is 5.28. The largest absolute Gasteiger partial charge is 0.330 e. The van der Waals surface area contributed by atoms with E-state index in [4.69, 9.17) is 5.73 Å². The van der Waals surface area contributed by atoms with E-state index < -0.39 is 0 Å². The fourth-order valence-electron chi connectivity index (χ4n) is 2.37. The molecule has 0 fully saturated rings. The molecule has 1 aliphatic heterocycles. The van der Waals surface area contributed by atoms with Gasteiger partial charge in [0.25, 0.3) is 0 Å². The molecule has 1 aliphatic rings. The summed E-state index contributed by atoms with van der Waals surface area (Å²) in [7, 11) is 0. The normalized spacial score (nSPS) is 14.6. The smallest absolute Gasteiger partial charge is 0.227 e. The Balaban J connectivity index is 2.14. The summed E-state index contributed by atoms with van der Waals surface area (Å²) in [6.07, 6.45) is 3.56. The van der Waals surface area contributed by atoms with Crippen LogP contribution >= 0.6 is 11.8 Å².